The van der Waals surface area contributed by atoms with Gasteiger partial charge in [0.15, 0.2) is 0 Å². The Bertz CT molecular complexity index is 142. The van der Waals surface area contributed by atoms with Crippen molar-refractivity contribution in [2.45, 2.75) is 32.7 Å². The van der Waals surface area contributed by atoms with Gasteiger partial charge in [0.2, 0.25) is 0 Å². The number of urea groups is 1. The molecule has 0 fully saturated rings. The third kappa shape index (κ3) is 7.96. The number of thioether (sulfide) groups is 1. The Morgan fingerprint density at radius 1 is 1.54 bits per heavy atom. The molecular formula is C9H20N2OS. The van der Waals surface area contributed by atoms with Gasteiger partial charge in [0, 0.05) is 18.3 Å². The van der Waals surface area contributed by atoms with Crippen molar-refractivity contribution in [2.24, 2.45) is 0 Å². The van der Waals surface area contributed by atoms with Crippen LogP contribution >= 0.6 is 11.8 Å². The van der Waals surface area contributed by atoms with Crippen molar-refractivity contribution >= 4 is 17.8 Å². The Morgan fingerprint density at radius 2 is 2.23 bits per heavy atom. The van der Waals surface area contributed by atoms with Gasteiger partial charge in [-0.1, -0.05) is 13.3 Å². The zero-order valence-electron chi connectivity index (χ0n) is 8.72. The van der Waals surface area contributed by atoms with E-state index in [9.17, 15) is 4.79 Å². The summed E-state index contributed by atoms with van der Waals surface area (Å²) >= 11 is 1.74. The lowest BCUT2D eigenvalue weighted by molar-refractivity contribution is 0.238. The SMILES string of the molecule is CCCCNC(=O)NC(C)CSC. The summed E-state index contributed by atoms with van der Waals surface area (Å²) in [5.41, 5.74) is 0. The molecule has 0 aromatic rings. The third-order valence-corrected chi connectivity index (χ3v) is 2.44. The summed E-state index contributed by atoms with van der Waals surface area (Å²) < 4.78 is 0. The van der Waals surface area contributed by atoms with Crippen LogP contribution < -0.4 is 10.6 Å². The first kappa shape index (κ1) is 12.6. The number of hydrogen-bond acceptors (Lipinski definition) is 2. The molecule has 0 aliphatic rings. The summed E-state index contributed by atoms with van der Waals surface area (Å²) in [7, 11) is 0. The monoisotopic (exact) mass is 204 g/mol. The minimum atomic E-state index is -0.0463. The Morgan fingerprint density at radius 3 is 2.77 bits per heavy atom. The van der Waals surface area contributed by atoms with E-state index >= 15 is 0 Å². The molecule has 78 valence electrons. The smallest absolute Gasteiger partial charge is 0.315 e. The molecule has 2 N–H and O–H groups in total. The predicted molar refractivity (Wildman–Crippen MR) is 59.3 cm³/mol. The van der Waals surface area contributed by atoms with Crippen LogP contribution in [0.5, 0.6) is 0 Å². The van der Waals surface area contributed by atoms with Crippen molar-refractivity contribution in [3.8, 4) is 0 Å². The lowest BCUT2D eigenvalue weighted by Crippen LogP contribution is -2.42. The molecule has 4 heteroatoms. The van der Waals surface area contributed by atoms with Gasteiger partial charge in [-0.15, -0.1) is 0 Å². The molecule has 1 atom stereocenters. The molecule has 0 aromatic carbocycles. The number of hydrogen-bond donors (Lipinski definition) is 2. The highest BCUT2D eigenvalue weighted by atomic mass is 32.2. The molecule has 0 rings (SSSR count). The number of rotatable bonds is 6. The first-order valence-corrected chi connectivity index (χ1v) is 6.13. The molecule has 0 heterocycles. The summed E-state index contributed by atoms with van der Waals surface area (Å²) in [6, 6.07) is 0.201. The highest BCUT2D eigenvalue weighted by Gasteiger charge is 2.04. The zero-order valence-corrected chi connectivity index (χ0v) is 9.54. The number of unbranched alkanes of at least 4 members (excludes halogenated alkanes) is 1. The second-order valence-corrected chi connectivity index (χ2v) is 4.02. The van der Waals surface area contributed by atoms with E-state index in [0.717, 1.165) is 25.1 Å². The average molecular weight is 204 g/mol. The molecule has 0 aromatic heterocycles. The topological polar surface area (TPSA) is 41.1 Å². The number of carbonyl (C=O) groups excluding carboxylic acids is 1. The molecule has 2 amide bonds. The van der Waals surface area contributed by atoms with Gasteiger partial charge in [-0.25, -0.2) is 4.79 Å². The van der Waals surface area contributed by atoms with Crippen LogP contribution in [0.4, 0.5) is 4.79 Å². The fourth-order valence-electron chi connectivity index (χ4n) is 0.945. The summed E-state index contributed by atoms with van der Waals surface area (Å²) in [5, 5.41) is 5.68. The van der Waals surface area contributed by atoms with Crippen LogP contribution in [-0.4, -0.2) is 30.6 Å². The van der Waals surface area contributed by atoms with E-state index in [4.69, 9.17) is 0 Å². The van der Waals surface area contributed by atoms with E-state index in [1.54, 1.807) is 11.8 Å². The molecule has 0 saturated heterocycles. The Kier molecular flexibility index (Phi) is 7.99. The summed E-state index contributed by atoms with van der Waals surface area (Å²) in [6.07, 6.45) is 4.19. The molecule has 13 heavy (non-hydrogen) atoms. The lowest BCUT2D eigenvalue weighted by Gasteiger charge is -2.12. The van der Waals surface area contributed by atoms with Crippen molar-refractivity contribution in [3.63, 3.8) is 0 Å². The Hall–Kier alpha value is -0.380. The van der Waals surface area contributed by atoms with Gasteiger partial charge in [-0.05, 0) is 19.6 Å². The molecule has 3 nitrogen and oxygen atoms in total. The maximum absolute atomic E-state index is 11.2. The number of carbonyl (C=O) groups is 1. The maximum Gasteiger partial charge on any atom is 0.315 e. The van der Waals surface area contributed by atoms with E-state index in [-0.39, 0.29) is 12.1 Å². The van der Waals surface area contributed by atoms with E-state index in [0.29, 0.717) is 0 Å². The van der Waals surface area contributed by atoms with Crippen molar-refractivity contribution < 1.29 is 4.79 Å². The third-order valence-electron chi connectivity index (χ3n) is 1.61. The normalized spacial score (nSPS) is 12.2. The fourth-order valence-corrected chi connectivity index (χ4v) is 1.53. The first-order chi connectivity index (χ1) is 6.20. The molecule has 0 bridgehead atoms. The van der Waals surface area contributed by atoms with Gasteiger partial charge in [0.25, 0.3) is 0 Å². The second-order valence-electron chi connectivity index (χ2n) is 3.11. The molecule has 0 aliphatic heterocycles. The molecule has 0 radical (unpaired) electrons. The second kappa shape index (κ2) is 8.23. The van der Waals surface area contributed by atoms with Crippen molar-refractivity contribution in [3.05, 3.63) is 0 Å². The van der Waals surface area contributed by atoms with Crippen molar-refractivity contribution in [2.75, 3.05) is 18.6 Å². The summed E-state index contributed by atoms with van der Waals surface area (Å²) in [4.78, 5) is 11.2. The zero-order chi connectivity index (χ0) is 10.1. The van der Waals surface area contributed by atoms with Crippen LogP contribution in [0, 0.1) is 0 Å². The van der Waals surface area contributed by atoms with Crippen LogP contribution in [0.15, 0.2) is 0 Å². The van der Waals surface area contributed by atoms with Crippen LogP contribution in [0.1, 0.15) is 26.7 Å². The van der Waals surface area contributed by atoms with Crippen molar-refractivity contribution in [1.29, 1.82) is 0 Å². The van der Waals surface area contributed by atoms with Crippen LogP contribution in [0.25, 0.3) is 0 Å². The number of amides is 2. The van der Waals surface area contributed by atoms with Crippen LogP contribution in [-0.2, 0) is 0 Å². The predicted octanol–water partition coefficient (Wildman–Crippen LogP) is 1.84. The minimum Gasteiger partial charge on any atom is -0.338 e. The van der Waals surface area contributed by atoms with E-state index in [1.165, 1.54) is 0 Å². The van der Waals surface area contributed by atoms with Crippen LogP contribution in [0.2, 0.25) is 0 Å². The Balaban J connectivity index is 3.38. The largest absolute Gasteiger partial charge is 0.338 e. The fraction of sp³-hybridized carbons (Fsp3) is 0.889. The molecule has 0 spiro atoms. The average Bonchev–Trinajstić information content (AvgIpc) is 2.05. The molecule has 1 unspecified atom stereocenters. The number of nitrogens with one attached hydrogen (secondary N) is 2. The van der Waals surface area contributed by atoms with Gasteiger partial charge in [0.1, 0.15) is 0 Å². The van der Waals surface area contributed by atoms with Crippen LogP contribution in [0.3, 0.4) is 0 Å². The van der Waals surface area contributed by atoms with E-state index < -0.39 is 0 Å². The molecule has 0 saturated carbocycles. The highest BCUT2D eigenvalue weighted by Crippen LogP contribution is 1.95. The first-order valence-electron chi connectivity index (χ1n) is 4.74. The van der Waals surface area contributed by atoms with Gasteiger partial charge in [0.05, 0.1) is 0 Å². The lowest BCUT2D eigenvalue weighted by atomic mass is 10.3. The quantitative estimate of drug-likeness (QED) is 0.648. The van der Waals surface area contributed by atoms with Gasteiger partial charge in [-0.2, -0.15) is 11.8 Å². The van der Waals surface area contributed by atoms with Gasteiger partial charge >= 0.3 is 6.03 Å². The molecular weight excluding hydrogens is 184 g/mol. The highest BCUT2D eigenvalue weighted by molar-refractivity contribution is 7.98. The van der Waals surface area contributed by atoms with E-state index in [2.05, 4.69) is 17.6 Å². The van der Waals surface area contributed by atoms with Gasteiger partial charge in [-0.3, -0.25) is 0 Å². The van der Waals surface area contributed by atoms with Crippen molar-refractivity contribution in [1.82, 2.24) is 10.6 Å². The summed E-state index contributed by atoms with van der Waals surface area (Å²) in [5.74, 6) is 0.960. The minimum absolute atomic E-state index is 0.0463. The summed E-state index contributed by atoms with van der Waals surface area (Å²) in [6.45, 7) is 4.89. The van der Waals surface area contributed by atoms with E-state index in [1.807, 2.05) is 13.2 Å². The molecule has 0 aliphatic carbocycles. The maximum atomic E-state index is 11.2. The standard InChI is InChI=1S/C9H20N2OS/c1-4-5-6-10-9(12)11-8(2)7-13-3/h8H,4-7H2,1-3H3,(H2,10,11,12). The Labute approximate surface area is 85.0 Å². The van der Waals surface area contributed by atoms with Gasteiger partial charge < -0.3 is 10.6 Å².